The van der Waals surface area contributed by atoms with Gasteiger partial charge in [-0.1, -0.05) is 0 Å². The van der Waals surface area contributed by atoms with Crippen LogP contribution in [0.2, 0.25) is 0 Å². The molecule has 1 saturated heterocycles. The van der Waals surface area contributed by atoms with Gasteiger partial charge in [0.25, 0.3) is 0 Å². The van der Waals surface area contributed by atoms with Gasteiger partial charge in [-0.25, -0.2) is 0 Å². The monoisotopic (exact) mass is 101 g/mol. The summed E-state index contributed by atoms with van der Waals surface area (Å²) in [7, 11) is 0. The van der Waals surface area contributed by atoms with Crippen LogP contribution < -0.4 is 5.32 Å². The molecule has 0 saturated carbocycles. The second kappa shape index (κ2) is 1.80. The summed E-state index contributed by atoms with van der Waals surface area (Å²) in [5.74, 6) is 0. The van der Waals surface area contributed by atoms with E-state index in [0.29, 0.717) is 6.04 Å². The van der Waals surface area contributed by atoms with E-state index in [1.54, 1.807) is 0 Å². The van der Waals surface area contributed by atoms with Gasteiger partial charge in [-0.2, -0.15) is 0 Å². The maximum atomic E-state index is 8.79. The van der Waals surface area contributed by atoms with E-state index in [0.717, 1.165) is 12.8 Å². The van der Waals surface area contributed by atoms with Gasteiger partial charge in [-0.3, -0.25) is 5.32 Å². The van der Waals surface area contributed by atoms with Crippen molar-refractivity contribution < 1.29 is 5.11 Å². The van der Waals surface area contributed by atoms with Crippen LogP contribution in [0.15, 0.2) is 0 Å². The van der Waals surface area contributed by atoms with E-state index in [1.165, 1.54) is 0 Å². The Morgan fingerprint density at radius 1 is 1.57 bits per heavy atom. The minimum absolute atomic E-state index is 0.227. The fourth-order valence-electron chi connectivity index (χ4n) is 0.903. The first-order valence-corrected chi connectivity index (χ1v) is 2.73. The molecule has 0 bridgehead atoms. The Labute approximate surface area is 43.5 Å². The summed E-state index contributed by atoms with van der Waals surface area (Å²) in [6.07, 6.45) is 1.80. The van der Waals surface area contributed by atoms with Gasteiger partial charge in [-0.15, -0.1) is 0 Å². The molecular formula is C5H11NO. The van der Waals surface area contributed by atoms with Crippen molar-refractivity contribution in [1.82, 2.24) is 5.32 Å². The average molecular weight is 101 g/mol. The normalized spacial score (nSPS) is 42.0. The summed E-state index contributed by atoms with van der Waals surface area (Å²) in [4.78, 5) is 0. The highest BCUT2D eigenvalue weighted by atomic mass is 16.3. The van der Waals surface area contributed by atoms with Gasteiger partial charge in [-0.05, 0) is 19.8 Å². The first kappa shape index (κ1) is 5.06. The third-order valence-corrected chi connectivity index (χ3v) is 1.35. The van der Waals surface area contributed by atoms with Crippen molar-refractivity contribution in [3.8, 4) is 0 Å². The SMILES string of the molecule is C[C@@H]1CCC(O)N1. The predicted octanol–water partition coefficient (Wildman–Crippen LogP) is 0.0767. The molecule has 0 amide bonds. The predicted molar refractivity (Wildman–Crippen MR) is 27.8 cm³/mol. The molecule has 0 radical (unpaired) electrons. The fourth-order valence-corrected chi connectivity index (χ4v) is 0.903. The maximum Gasteiger partial charge on any atom is 0.105 e. The van der Waals surface area contributed by atoms with Crippen LogP contribution in [0.4, 0.5) is 0 Å². The molecule has 7 heavy (non-hydrogen) atoms. The second-order valence-corrected chi connectivity index (χ2v) is 2.16. The van der Waals surface area contributed by atoms with E-state index >= 15 is 0 Å². The van der Waals surface area contributed by atoms with E-state index < -0.39 is 0 Å². The first-order chi connectivity index (χ1) is 3.29. The van der Waals surface area contributed by atoms with Crippen LogP contribution in [-0.2, 0) is 0 Å². The Morgan fingerprint density at radius 2 is 2.29 bits per heavy atom. The van der Waals surface area contributed by atoms with Gasteiger partial charge in [0.2, 0.25) is 0 Å². The second-order valence-electron chi connectivity index (χ2n) is 2.16. The van der Waals surface area contributed by atoms with Gasteiger partial charge in [0.1, 0.15) is 6.23 Å². The number of aliphatic hydroxyl groups is 1. The van der Waals surface area contributed by atoms with Gasteiger partial charge in [0.05, 0.1) is 0 Å². The van der Waals surface area contributed by atoms with Crippen LogP contribution in [0.25, 0.3) is 0 Å². The van der Waals surface area contributed by atoms with Crippen LogP contribution in [0.3, 0.4) is 0 Å². The lowest BCUT2D eigenvalue weighted by atomic mass is 10.3. The Kier molecular flexibility index (Phi) is 1.30. The molecule has 2 heteroatoms. The number of hydrogen-bond donors (Lipinski definition) is 2. The van der Waals surface area contributed by atoms with Crippen molar-refractivity contribution >= 4 is 0 Å². The first-order valence-electron chi connectivity index (χ1n) is 2.73. The number of rotatable bonds is 0. The van der Waals surface area contributed by atoms with Gasteiger partial charge in [0, 0.05) is 6.04 Å². The summed E-state index contributed by atoms with van der Waals surface area (Å²) in [6, 6.07) is 0.523. The summed E-state index contributed by atoms with van der Waals surface area (Å²) >= 11 is 0. The number of aliphatic hydroxyl groups excluding tert-OH is 1. The van der Waals surface area contributed by atoms with E-state index in [1.807, 2.05) is 0 Å². The van der Waals surface area contributed by atoms with Crippen molar-refractivity contribution in [2.75, 3.05) is 0 Å². The minimum Gasteiger partial charge on any atom is -0.379 e. The zero-order valence-corrected chi connectivity index (χ0v) is 4.52. The Morgan fingerprint density at radius 3 is 2.43 bits per heavy atom. The van der Waals surface area contributed by atoms with E-state index in [2.05, 4.69) is 12.2 Å². The highest BCUT2D eigenvalue weighted by Crippen LogP contribution is 2.07. The molecule has 2 N–H and O–H groups in total. The minimum atomic E-state index is -0.227. The van der Waals surface area contributed by atoms with Crippen LogP contribution in [0, 0.1) is 0 Å². The average Bonchev–Trinajstić information content (AvgIpc) is 1.87. The molecule has 0 aromatic rings. The van der Waals surface area contributed by atoms with Crippen LogP contribution >= 0.6 is 0 Å². The number of hydrogen-bond acceptors (Lipinski definition) is 2. The van der Waals surface area contributed by atoms with Gasteiger partial charge < -0.3 is 5.11 Å². The van der Waals surface area contributed by atoms with E-state index in [4.69, 9.17) is 5.11 Å². The lowest BCUT2D eigenvalue weighted by Gasteiger charge is -2.01. The fraction of sp³-hybridized carbons (Fsp3) is 1.00. The molecule has 0 spiro atoms. The van der Waals surface area contributed by atoms with Crippen molar-refractivity contribution in [2.24, 2.45) is 0 Å². The highest BCUT2D eigenvalue weighted by Gasteiger charge is 2.15. The van der Waals surface area contributed by atoms with Gasteiger partial charge >= 0.3 is 0 Å². The number of nitrogens with one attached hydrogen (secondary N) is 1. The smallest absolute Gasteiger partial charge is 0.105 e. The molecular weight excluding hydrogens is 90.1 g/mol. The van der Waals surface area contributed by atoms with Crippen molar-refractivity contribution in [1.29, 1.82) is 0 Å². The lowest BCUT2D eigenvalue weighted by Crippen LogP contribution is -2.26. The molecule has 1 unspecified atom stereocenters. The largest absolute Gasteiger partial charge is 0.379 e. The summed E-state index contributed by atoms with van der Waals surface area (Å²) < 4.78 is 0. The van der Waals surface area contributed by atoms with E-state index in [-0.39, 0.29) is 6.23 Å². The quantitative estimate of drug-likeness (QED) is 0.453. The molecule has 1 fully saturated rings. The Bertz CT molecular complexity index is 57.1. The van der Waals surface area contributed by atoms with Crippen molar-refractivity contribution in [3.05, 3.63) is 0 Å². The summed E-state index contributed by atoms with van der Waals surface area (Å²) in [5.41, 5.74) is 0. The standard InChI is InChI=1S/C5H11NO/c1-4-2-3-5(7)6-4/h4-7H,2-3H2,1H3/t4-,5?/m1/s1. The molecule has 0 aliphatic carbocycles. The van der Waals surface area contributed by atoms with Gasteiger partial charge in [0.15, 0.2) is 0 Å². The zero-order chi connectivity index (χ0) is 5.28. The van der Waals surface area contributed by atoms with Crippen molar-refractivity contribution in [2.45, 2.75) is 32.0 Å². The van der Waals surface area contributed by atoms with Crippen LogP contribution in [-0.4, -0.2) is 17.4 Å². The maximum absolute atomic E-state index is 8.79. The van der Waals surface area contributed by atoms with Crippen molar-refractivity contribution in [3.63, 3.8) is 0 Å². The van der Waals surface area contributed by atoms with Crippen LogP contribution in [0.1, 0.15) is 19.8 Å². The summed E-state index contributed by atoms with van der Waals surface area (Å²) in [6.45, 7) is 2.08. The molecule has 1 aliphatic heterocycles. The molecule has 1 rings (SSSR count). The molecule has 42 valence electrons. The lowest BCUT2D eigenvalue weighted by molar-refractivity contribution is 0.156. The summed E-state index contributed by atoms with van der Waals surface area (Å²) in [5, 5.41) is 11.8. The van der Waals surface area contributed by atoms with E-state index in [9.17, 15) is 0 Å². The molecule has 0 aromatic carbocycles. The third-order valence-electron chi connectivity index (χ3n) is 1.35. The molecule has 1 heterocycles. The zero-order valence-electron chi connectivity index (χ0n) is 4.52. The molecule has 2 atom stereocenters. The molecule has 0 aromatic heterocycles. The molecule has 2 nitrogen and oxygen atoms in total. The third kappa shape index (κ3) is 1.14. The Balaban J connectivity index is 2.26. The highest BCUT2D eigenvalue weighted by molar-refractivity contribution is 4.71. The molecule has 1 aliphatic rings. The topological polar surface area (TPSA) is 32.3 Å². The van der Waals surface area contributed by atoms with Crippen LogP contribution in [0.5, 0.6) is 0 Å². The Hall–Kier alpha value is -0.0800.